The summed E-state index contributed by atoms with van der Waals surface area (Å²) in [4.78, 5) is 22.3. The van der Waals surface area contributed by atoms with Crippen LogP contribution in [0.4, 0.5) is 0 Å². The first-order valence-electron chi connectivity index (χ1n) is 4.54. The number of benzene rings is 1. The number of hydrogen-bond donors (Lipinski definition) is 3. The molecule has 0 aliphatic heterocycles. The highest BCUT2D eigenvalue weighted by atomic mass is 79.9. The van der Waals surface area contributed by atoms with E-state index in [4.69, 9.17) is 21.8 Å². The summed E-state index contributed by atoms with van der Waals surface area (Å²) in [6, 6.07) is 3.16. The van der Waals surface area contributed by atoms with Gasteiger partial charge in [-0.15, -0.1) is 0 Å². The van der Waals surface area contributed by atoms with E-state index in [0.29, 0.717) is 9.50 Å². The number of aliphatic carboxylic acids is 1. The summed E-state index contributed by atoms with van der Waals surface area (Å²) in [5.41, 5.74) is 0.212. The minimum absolute atomic E-state index is 0.212. The summed E-state index contributed by atoms with van der Waals surface area (Å²) in [5.74, 6) is -1.92. The van der Waals surface area contributed by atoms with Crippen LogP contribution in [-0.4, -0.2) is 34.7 Å². The van der Waals surface area contributed by atoms with Gasteiger partial charge in [0.05, 0.1) is 6.61 Å². The largest absolute Gasteiger partial charge is 0.480 e. The van der Waals surface area contributed by atoms with Gasteiger partial charge in [-0.25, -0.2) is 4.79 Å². The van der Waals surface area contributed by atoms with E-state index in [1.54, 1.807) is 6.07 Å². The molecule has 0 unspecified atom stereocenters. The Kier molecular flexibility index (Phi) is 4.92. The number of aliphatic hydroxyl groups is 1. The smallest absolute Gasteiger partial charge is 0.328 e. The molecular weight excluding hydrogens is 313 g/mol. The van der Waals surface area contributed by atoms with E-state index in [1.807, 2.05) is 0 Å². The molecule has 0 aromatic heterocycles. The van der Waals surface area contributed by atoms with Crippen LogP contribution in [0, 0.1) is 0 Å². The number of nitrogens with one attached hydrogen (secondary N) is 1. The Balaban J connectivity index is 2.86. The molecule has 1 aromatic carbocycles. The molecule has 0 radical (unpaired) electrons. The van der Waals surface area contributed by atoms with Gasteiger partial charge in [-0.2, -0.15) is 0 Å². The molecule has 0 aliphatic carbocycles. The molecule has 0 saturated carbocycles. The molecular formula is C10H9BrClNO4. The predicted octanol–water partition coefficient (Wildman–Crippen LogP) is 1.28. The molecule has 0 spiro atoms. The van der Waals surface area contributed by atoms with Gasteiger partial charge in [-0.05, 0) is 18.2 Å². The Morgan fingerprint density at radius 2 is 2.06 bits per heavy atom. The van der Waals surface area contributed by atoms with Crippen molar-refractivity contribution in [1.82, 2.24) is 5.32 Å². The molecule has 17 heavy (non-hydrogen) atoms. The van der Waals surface area contributed by atoms with Crippen LogP contribution in [0.25, 0.3) is 0 Å². The number of carbonyl (C=O) groups excluding carboxylic acids is 1. The molecule has 7 heteroatoms. The highest BCUT2D eigenvalue weighted by Crippen LogP contribution is 2.19. The first kappa shape index (κ1) is 14.0. The fourth-order valence-electron chi connectivity index (χ4n) is 1.11. The van der Waals surface area contributed by atoms with Crippen molar-refractivity contribution in [1.29, 1.82) is 0 Å². The van der Waals surface area contributed by atoms with Gasteiger partial charge < -0.3 is 15.5 Å². The monoisotopic (exact) mass is 321 g/mol. The Bertz CT molecular complexity index is 432. The summed E-state index contributed by atoms with van der Waals surface area (Å²) >= 11 is 8.91. The summed E-state index contributed by atoms with van der Waals surface area (Å²) in [7, 11) is 0. The first-order chi connectivity index (χ1) is 7.93. The number of amides is 1. The summed E-state index contributed by atoms with van der Waals surface area (Å²) in [5, 5.41) is 20.0. The topological polar surface area (TPSA) is 86.6 Å². The van der Waals surface area contributed by atoms with Crippen LogP contribution < -0.4 is 5.32 Å². The van der Waals surface area contributed by atoms with Crippen LogP contribution >= 0.6 is 27.5 Å². The van der Waals surface area contributed by atoms with E-state index < -0.39 is 24.5 Å². The summed E-state index contributed by atoms with van der Waals surface area (Å²) in [6.07, 6.45) is 0. The Hall–Kier alpha value is -1.11. The number of aliphatic hydroxyl groups excluding tert-OH is 1. The molecule has 5 nitrogen and oxygen atoms in total. The number of carboxylic acids is 1. The van der Waals surface area contributed by atoms with E-state index in [1.165, 1.54) is 12.1 Å². The standard InChI is InChI=1S/C10H9BrClNO4/c11-6-1-5(2-7(12)3-6)9(15)13-8(4-14)10(16)17/h1-3,8,14H,4H2,(H,13,15)(H,16,17)/t8-/m0/s1. The normalized spacial score (nSPS) is 11.9. The number of hydrogen-bond acceptors (Lipinski definition) is 3. The van der Waals surface area contributed by atoms with E-state index in [9.17, 15) is 9.59 Å². The van der Waals surface area contributed by atoms with Crippen molar-refractivity contribution in [3.63, 3.8) is 0 Å². The Morgan fingerprint density at radius 3 is 2.53 bits per heavy atom. The van der Waals surface area contributed by atoms with E-state index in [-0.39, 0.29) is 5.56 Å². The molecule has 0 fully saturated rings. The van der Waals surface area contributed by atoms with Gasteiger partial charge in [0.25, 0.3) is 5.91 Å². The van der Waals surface area contributed by atoms with Gasteiger partial charge in [-0.3, -0.25) is 4.79 Å². The van der Waals surface area contributed by atoms with Crippen LogP contribution in [0.2, 0.25) is 5.02 Å². The van der Waals surface area contributed by atoms with E-state index >= 15 is 0 Å². The van der Waals surface area contributed by atoms with Gasteiger partial charge in [0.15, 0.2) is 6.04 Å². The third-order valence-electron chi connectivity index (χ3n) is 1.91. The third-order valence-corrected chi connectivity index (χ3v) is 2.59. The third kappa shape index (κ3) is 3.99. The van der Waals surface area contributed by atoms with Crippen molar-refractivity contribution in [2.75, 3.05) is 6.61 Å². The molecule has 3 N–H and O–H groups in total. The Morgan fingerprint density at radius 1 is 1.41 bits per heavy atom. The minimum Gasteiger partial charge on any atom is -0.480 e. The summed E-state index contributed by atoms with van der Waals surface area (Å²) < 4.78 is 0.603. The zero-order valence-electron chi connectivity index (χ0n) is 8.48. The molecule has 1 amide bonds. The molecule has 1 rings (SSSR count). The van der Waals surface area contributed by atoms with Gasteiger partial charge >= 0.3 is 5.97 Å². The highest BCUT2D eigenvalue weighted by molar-refractivity contribution is 9.10. The lowest BCUT2D eigenvalue weighted by Gasteiger charge is -2.11. The fourth-order valence-corrected chi connectivity index (χ4v) is 1.97. The molecule has 0 heterocycles. The number of rotatable bonds is 4. The second kappa shape index (κ2) is 6.00. The maximum Gasteiger partial charge on any atom is 0.328 e. The summed E-state index contributed by atoms with van der Waals surface area (Å²) in [6.45, 7) is -0.678. The lowest BCUT2D eigenvalue weighted by atomic mass is 10.2. The average Bonchev–Trinajstić information content (AvgIpc) is 2.23. The lowest BCUT2D eigenvalue weighted by molar-refractivity contribution is -0.140. The number of carbonyl (C=O) groups is 2. The van der Waals surface area contributed by atoms with Crippen molar-refractivity contribution in [3.05, 3.63) is 33.3 Å². The maximum atomic E-state index is 11.7. The van der Waals surface area contributed by atoms with Crippen LogP contribution in [0.3, 0.4) is 0 Å². The zero-order valence-corrected chi connectivity index (χ0v) is 10.8. The van der Waals surface area contributed by atoms with Crippen molar-refractivity contribution in [3.8, 4) is 0 Å². The van der Waals surface area contributed by atoms with Crippen molar-refractivity contribution in [2.45, 2.75) is 6.04 Å². The van der Waals surface area contributed by atoms with E-state index in [0.717, 1.165) is 0 Å². The van der Waals surface area contributed by atoms with Gasteiger partial charge in [0.1, 0.15) is 0 Å². The zero-order chi connectivity index (χ0) is 13.0. The predicted molar refractivity (Wildman–Crippen MR) is 65.1 cm³/mol. The second-order valence-corrected chi connectivity index (χ2v) is 4.56. The van der Waals surface area contributed by atoms with Crippen molar-refractivity contribution >= 4 is 39.4 Å². The number of carboxylic acid groups (broad SMARTS) is 1. The van der Waals surface area contributed by atoms with Crippen LogP contribution in [-0.2, 0) is 4.79 Å². The first-order valence-corrected chi connectivity index (χ1v) is 5.71. The van der Waals surface area contributed by atoms with Crippen molar-refractivity contribution < 1.29 is 19.8 Å². The molecule has 0 aliphatic rings. The van der Waals surface area contributed by atoms with Crippen LogP contribution in [0.15, 0.2) is 22.7 Å². The lowest BCUT2D eigenvalue weighted by Crippen LogP contribution is -2.43. The quantitative estimate of drug-likeness (QED) is 0.779. The van der Waals surface area contributed by atoms with Gasteiger partial charge in [0.2, 0.25) is 0 Å². The molecule has 1 atom stereocenters. The SMILES string of the molecule is O=C(N[C@@H](CO)C(=O)O)c1cc(Cl)cc(Br)c1. The van der Waals surface area contributed by atoms with Gasteiger partial charge in [-0.1, -0.05) is 27.5 Å². The fraction of sp³-hybridized carbons (Fsp3) is 0.200. The van der Waals surface area contributed by atoms with Crippen LogP contribution in [0.1, 0.15) is 10.4 Å². The molecule has 92 valence electrons. The van der Waals surface area contributed by atoms with Crippen LogP contribution in [0.5, 0.6) is 0 Å². The minimum atomic E-state index is -1.33. The molecule has 1 aromatic rings. The molecule has 0 bridgehead atoms. The second-order valence-electron chi connectivity index (χ2n) is 3.20. The maximum absolute atomic E-state index is 11.7. The Labute approximate surface area is 111 Å². The van der Waals surface area contributed by atoms with E-state index in [2.05, 4.69) is 21.2 Å². The number of halogens is 2. The molecule has 0 saturated heterocycles. The highest BCUT2D eigenvalue weighted by Gasteiger charge is 2.19. The van der Waals surface area contributed by atoms with Gasteiger partial charge in [0, 0.05) is 15.1 Å². The average molecular weight is 323 g/mol. The van der Waals surface area contributed by atoms with Crippen molar-refractivity contribution in [2.24, 2.45) is 0 Å².